The summed E-state index contributed by atoms with van der Waals surface area (Å²) in [7, 11) is 1.67. The van der Waals surface area contributed by atoms with Gasteiger partial charge in [-0.2, -0.15) is 0 Å². The van der Waals surface area contributed by atoms with E-state index in [2.05, 4.69) is 5.32 Å². The first kappa shape index (κ1) is 12.0. The monoisotopic (exact) mass is 247 g/mol. The van der Waals surface area contributed by atoms with E-state index < -0.39 is 5.60 Å². The van der Waals surface area contributed by atoms with Crippen LogP contribution in [-0.2, 0) is 5.60 Å². The minimum absolute atomic E-state index is 0.451. The van der Waals surface area contributed by atoms with Crippen LogP contribution in [0.1, 0.15) is 37.7 Å². The van der Waals surface area contributed by atoms with E-state index in [9.17, 15) is 5.11 Å². The zero-order chi connectivity index (χ0) is 12.6. The van der Waals surface area contributed by atoms with Crippen LogP contribution in [0.4, 0.5) is 0 Å². The van der Waals surface area contributed by atoms with Crippen LogP contribution < -0.4 is 10.1 Å². The van der Waals surface area contributed by atoms with Crippen LogP contribution in [0.15, 0.2) is 24.3 Å². The van der Waals surface area contributed by atoms with Crippen molar-refractivity contribution in [1.29, 1.82) is 0 Å². The number of ether oxygens (including phenoxy) is 1. The van der Waals surface area contributed by atoms with E-state index in [1.54, 1.807) is 7.11 Å². The zero-order valence-corrected chi connectivity index (χ0v) is 10.9. The molecular weight excluding hydrogens is 226 g/mol. The van der Waals surface area contributed by atoms with Crippen LogP contribution in [0.2, 0.25) is 0 Å². The number of piperidine rings is 2. The van der Waals surface area contributed by atoms with Crippen molar-refractivity contribution in [2.45, 2.75) is 49.8 Å². The number of aliphatic hydroxyl groups is 1. The standard InChI is InChI=1S/C15H21NO2/c1-18-14-8-3-2-7-13(14)15(17)9-11-5-4-6-12(10-15)16-11/h2-3,7-8,11-12,16-17H,4-6,9-10H2,1H3. The molecule has 2 heterocycles. The molecule has 0 aliphatic carbocycles. The van der Waals surface area contributed by atoms with Gasteiger partial charge in [0.05, 0.1) is 12.7 Å². The maximum Gasteiger partial charge on any atom is 0.124 e. The van der Waals surface area contributed by atoms with Gasteiger partial charge in [-0.3, -0.25) is 0 Å². The predicted molar refractivity (Wildman–Crippen MR) is 70.7 cm³/mol. The van der Waals surface area contributed by atoms with Crippen LogP contribution in [-0.4, -0.2) is 24.3 Å². The molecule has 2 N–H and O–H groups in total. The lowest BCUT2D eigenvalue weighted by atomic mass is 9.73. The summed E-state index contributed by atoms with van der Waals surface area (Å²) in [6.45, 7) is 0. The van der Waals surface area contributed by atoms with Crippen molar-refractivity contribution in [3.8, 4) is 5.75 Å². The molecule has 2 aliphatic rings. The number of fused-ring (bicyclic) bond motifs is 2. The van der Waals surface area contributed by atoms with E-state index in [4.69, 9.17) is 4.74 Å². The Balaban J connectivity index is 1.94. The van der Waals surface area contributed by atoms with E-state index in [1.807, 2.05) is 24.3 Å². The average molecular weight is 247 g/mol. The van der Waals surface area contributed by atoms with Gasteiger partial charge in [-0.1, -0.05) is 24.6 Å². The lowest BCUT2D eigenvalue weighted by Crippen LogP contribution is -2.54. The van der Waals surface area contributed by atoms with Gasteiger partial charge in [0, 0.05) is 17.6 Å². The Bertz CT molecular complexity index is 420. The Morgan fingerprint density at radius 2 is 1.89 bits per heavy atom. The van der Waals surface area contributed by atoms with Crippen molar-refractivity contribution in [3.63, 3.8) is 0 Å². The second kappa shape index (κ2) is 4.56. The van der Waals surface area contributed by atoms with Gasteiger partial charge in [0.15, 0.2) is 0 Å². The second-order valence-corrected chi connectivity index (χ2v) is 5.63. The first-order valence-corrected chi connectivity index (χ1v) is 6.83. The molecular formula is C15H21NO2. The van der Waals surface area contributed by atoms with Crippen LogP contribution in [0.25, 0.3) is 0 Å². The summed E-state index contributed by atoms with van der Waals surface area (Å²) in [6, 6.07) is 8.77. The Morgan fingerprint density at radius 3 is 2.56 bits per heavy atom. The molecule has 3 rings (SSSR count). The van der Waals surface area contributed by atoms with Crippen molar-refractivity contribution < 1.29 is 9.84 Å². The largest absolute Gasteiger partial charge is 0.496 e. The first-order chi connectivity index (χ1) is 8.71. The Kier molecular flexibility index (Phi) is 3.04. The zero-order valence-electron chi connectivity index (χ0n) is 10.9. The van der Waals surface area contributed by atoms with Gasteiger partial charge in [0.25, 0.3) is 0 Å². The third kappa shape index (κ3) is 2.02. The molecule has 2 atom stereocenters. The quantitative estimate of drug-likeness (QED) is 0.841. The highest BCUT2D eigenvalue weighted by atomic mass is 16.5. The van der Waals surface area contributed by atoms with Gasteiger partial charge in [-0.15, -0.1) is 0 Å². The lowest BCUT2D eigenvalue weighted by molar-refractivity contribution is -0.0373. The molecule has 0 radical (unpaired) electrons. The fourth-order valence-electron chi connectivity index (χ4n) is 3.58. The highest BCUT2D eigenvalue weighted by Crippen LogP contribution is 2.42. The van der Waals surface area contributed by atoms with Crippen molar-refractivity contribution in [3.05, 3.63) is 29.8 Å². The Labute approximate surface area is 108 Å². The van der Waals surface area contributed by atoms with Crippen LogP contribution in [0.5, 0.6) is 5.75 Å². The molecule has 2 aliphatic heterocycles. The highest BCUT2D eigenvalue weighted by molar-refractivity contribution is 5.38. The summed E-state index contributed by atoms with van der Waals surface area (Å²) >= 11 is 0. The van der Waals surface area contributed by atoms with Gasteiger partial charge in [-0.25, -0.2) is 0 Å². The van der Waals surface area contributed by atoms with E-state index in [1.165, 1.54) is 19.3 Å². The Hall–Kier alpha value is -1.06. The molecule has 2 fully saturated rings. The average Bonchev–Trinajstić information content (AvgIpc) is 2.38. The maximum atomic E-state index is 11.0. The predicted octanol–water partition coefficient (Wildman–Crippen LogP) is 2.19. The van der Waals surface area contributed by atoms with E-state index in [0.29, 0.717) is 12.1 Å². The summed E-state index contributed by atoms with van der Waals surface area (Å²) in [4.78, 5) is 0. The lowest BCUT2D eigenvalue weighted by Gasteiger charge is -2.45. The van der Waals surface area contributed by atoms with Gasteiger partial charge in [0.2, 0.25) is 0 Å². The summed E-state index contributed by atoms with van der Waals surface area (Å²) in [5.41, 5.74) is 0.221. The molecule has 0 saturated carbocycles. The van der Waals surface area contributed by atoms with Crippen molar-refractivity contribution in [2.24, 2.45) is 0 Å². The number of para-hydroxylation sites is 1. The number of hydrogen-bond donors (Lipinski definition) is 2. The first-order valence-electron chi connectivity index (χ1n) is 6.83. The summed E-state index contributed by atoms with van der Waals surface area (Å²) in [6.07, 6.45) is 5.22. The Morgan fingerprint density at radius 1 is 1.22 bits per heavy atom. The van der Waals surface area contributed by atoms with E-state index in [-0.39, 0.29) is 0 Å². The number of methoxy groups -OCH3 is 1. The third-order valence-corrected chi connectivity index (χ3v) is 4.35. The summed E-state index contributed by atoms with van der Waals surface area (Å²) in [5.74, 6) is 0.806. The summed E-state index contributed by atoms with van der Waals surface area (Å²) in [5, 5.41) is 14.7. The molecule has 0 spiro atoms. The molecule has 0 amide bonds. The number of nitrogens with one attached hydrogen (secondary N) is 1. The van der Waals surface area contributed by atoms with Gasteiger partial charge >= 0.3 is 0 Å². The number of hydrogen-bond acceptors (Lipinski definition) is 3. The van der Waals surface area contributed by atoms with Crippen molar-refractivity contribution in [2.75, 3.05) is 7.11 Å². The molecule has 3 nitrogen and oxygen atoms in total. The van der Waals surface area contributed by atoms with Crippen LogP contribution >= 0.6 is 0 Å². The van der Waals surface area contributed by atoms with Crippen LogP contribution in [0.3, 0.4) is 0 Å². The fourth-order valence-corrected chi connectivity index (χ4v) is 3.58. The van der Waals surface area contributed by atoms with Gasteiger partial charge in [-0.05, 0) is 31.7 Å². The fraction of sp³-hybridized carbons (Fsp3) is 0.600. The summed E-state index contributed by atoms with van der Waals surface area (Å²) < 4.78 is 5.41. The SMILES string of the molecule is COc1ccccc1C1(O)CC2CCCC(C1)N2. The highest BCUT2D eigenvalue weighted by Gasteiger charge is 2.42. The van der Waals surface area contributed by atoms with Crippen LogP contribution in [0, 0.1) is 0 Å². The topological polar surface area (TPSA) is 41.5 Å². The number of benzene rings is 1. The van der Waals surface area contributed by atoms with Gasteiger partial charge in [0.1, 0.15) is 5.75 Å². The van der Waals surface area contributed by atoms with E-state index >= 15 is 0 Å². The smallest absolute Gasteiger partial charge is 0.124 e. The third-order valence-electron chi connectivity index (χ3n) is 4.35. The minimum Gasteiger partial charge on any atom is -0.496 e. The molecule has 2 unspecified atom stereocenters. The molecule has 18 heavy (non-hydrogen) atoms. The number of rotatable bonds is 2. The molecule has 1 aromatic rings. The van der Waals surface area contributed by atoms with Crippen molar-refractivity contribution in [1.82, 2.24) is 5.32 Å². The minimum atomic E-state index is -0.729. The molecule has 1 aromatic carbocycles. The van der Waals surface area contributed by atoms with E-state index in [0.717, 1.165) is 24.2 Å². The normalized spacial score (nSPS) is 35.2. The molecule has 0 aromatic heterocycles. The molecule has 98 valence electrons. The second-order valence-electron chi connectivity index (χ2n) is 5.63. The molecule has 2 saturated heterocycles. The maximum absolute atomic E-state index is 11.0. The van der Waals surface area contributed by atoms with Crippen molar-refractivity contribution >= 4 is 0 Å². The molecule has 3 heteroatoms. The van der Waals surface area contributed by atoms with Gasteiger partial charge < -0.3 is 15.2 Å². The molecule has 2 bridgehead atoms.